The Balaban J connectivity index is 2.38. The molecule has 0 unspecified atom stereocenters. The molecule has 0 bridgehead atoms. The van der Waals surface area contributed by atoms with E-state index in [9.17, 15) is 5.11 Å². The highest BCUT2D eigenvalue weighted by molar-refractivity contribution is 6.31. The van der Waals surface area contributed by atoms with Gasteiger partial charge >= 0.3 is 0 Å². The molecule has 1 N–H and O–H groups in total. The van der Waals surface area contributed by atoms with Crippen LogP contribution in [0.1, 0.15) is 31.4 Å². The van der Waals surface area contributed by atoms with Gasteiger partial charge in [-0.25, -0.2) is 0 Å². The van der Waals surface area contributed by atoms with E-state index >= 15 is 0 Å². The highest BCUT2D eigenvalue weighted by Gasteiger charge is 2.17. The van der Waals surface area contributed by atoms with Crippen molar-refractivity contribution in [1.29, 1.82) is 0 Å². The summed E-state index contributed by atoms with van der Waals surface area (Å²) < 4.78 is 11.1. The van der Waals surface area contributed by atoms with Crippen LogP contribution in [0.25, 0.3) is 0 Å². The zero-order valence-corrected chi connectivity index (χ0v) is 9.96. The second-order valence-electron chi connectivity index (χ2n) is 3.79. The molecule has 1 atom stereocenters. The van der Waals surface area contributed by atoms with Crippen molar-refractivity contribution in [3.8, 4) is 11.5 Å². The second kappa shape index (κ2) is 4.93. The third kappa shape index (κ3) is 2.25. The molecule has 0 radical (unpaired) electrons. The van der Waals surface area contributed by atoms with Crippen molar-refractivity contribution in [2.24, 2.45) is 0 Å². The maximum atomic E-state index is 9.80. The van der Waals surface area contributed by atoms with Gasteiger partial charge in [0.1, 0.15) is 0 Å². The molecule has 1 heterocycles. The summed E-state index contributed by atoms with van der Waals surface area (Å²) in [5.74, 6) is 1.33. The number of rotatable bonds is 2. The Bertz CT molecular complexity index is 379. The summed E-state index contributed by atoms with van der Waals surface area (Å²) in [7, 11) is 0. The molecule has 0 aromatic heterocycles. The van der Waals surface area contributed by atoms with Crippen LogP contribution in [0.15, 0.2) is 12.1 Å². The molecule has 0 aliphatic carbocycles. The van der Waals surface area contributed by atoms with Crippen molar-refractivity contribution in [3.05, 3.63) is 22.7 Å². The number of halogens is 1. The van der Waals surface area contributed by atoms with Crippen LogP contribution < -0.4 is 9.47 Å². The monoisotopic (exact) mass is 242 g/mol. The molecule has 1 aromatic rings. The topological polar surface area (TPSA) is 38.7 Å². The van der Waals surface area contributed by atoms with Gasteiger partial charge in [0.15, 0.2) is 11.5 Å². The lowest BCUT2D eigenvalue weighted by atomic mass is 10.1. The van der Waals surface area contributed by atoms with Gasteiger partial charge in [-0.3, -0.25) is 0 Å². The normalized spacial score (nSPS) is 16.7. The smallest absolute Gasteiger partial charge is 0.162 e. The first-order valence-corrected chi connectivity index (χ1v) is 5.87. The van der Waals surface area contributed by atoms with E-state index in [4.69, 9.17) is 21.1 Å². The van der Waals surface area contributed by atoms with Crippen LogP contribution in [0.4, 0.5) is 0 Å². The van der Waals surface area contributed by atoms with E-state index in [1.165, 1.54) is 0 Å². The number of ether oxygens (including phenoxy) is 2. The third-order valence-corrected chi connectivity index (χ3v) is 2.94. The van der Waals surface area contributed by atoms with Gasteiger partial charge in [-0.15, -0.1) is 0 Å². The average molecular weight is 243 g/mol. The fourth-order valence-corrected chi connectivity index (χ4v) is 1.95. The Labute approximate surface area is 99.9 Å². The Kier molecular flexibility index (Phi) is 3.56. The summed E-state index contributed by atoms with van der Waals surface area (Å²) in [6.07, 6.45) is 0.932. The minimum atomic E-state index is -0.551. The van der Waals surface area contributed by atoms with E-state index < -0.39 is 6.10 Å². The fraction of sp³-hybridized carbons (Fsp3) is 0.500. The number of aliphatic hydroxyl groups excluding tert-OH is 1. The summed E-state index contributed by atoms with van der Waals surface area (Å²) in [6, 6.07) is 3.49. The zero-order chi connectivity index (χ0) is 11.5. The number of hydrogen-bond acceptors (Lipinski definition) is 3. The molecule has 0 amide bonds. The van der Waals surface area contributed by atoms with Crippen molar-refractivity contribution in [1.82, 2.24) is 0 Å². The van der Waals surface area contributed by atoms with E-state index in [2.05, 4.69) is 0 Å². The van der Waals surface area contributed by atoms with Gasteiger partial charge in [-0.05, 0) is 12.5 Å². The molecular weight excluding hydrogens is 228 g/mol. The molecule has 16 heavy (non-hydrogen) atoms. The van der Waals surface area contributed by atoms with Gasteiger partial charge in [0, 0.05) is 18.1 Å². The first kappa shape index (κ1) is 11.6. The largest absolute Gasteiger partial charge is 0.490 e. The summed E-state index contributed by atoms with van der Waals surface area (Å²) in [5, 5.41) is 10.3. The number of benzene rings is 1. The first-order valence-electron chi connectivity index (χ1n) is 5.49. The molecule has 0 fully saturated rings. The van der Waals surface area contributed by atoms with Crippen LogP contribution in [0.5, 0.6) is 11.5 Å². The number of fused-ring (bicyclic) bond motifs is 1. The molecule has 0 saturated carbocycles. The van der Waals surface area contributed by atoms with Gasteiger partial charge in [0.05, 0.1) is 24.3 Å². The minimum Gasteiger partial charge on any atom is -0.490 e. The minimum absolute atomic E-state index is 0.526. The van der Waals surface area contributed by atoms with Crippen molar-refractivity contribution in [2.75, 3.05) is 13.2 Å². The van der Waals surface area contributed by atoms with Gasteiger partial charge in [0.25, 0.3) is 0 Å². The second-order valence-corrected chi connectivity index (χ2v) is 4.20. The third-order valence-electron chi connectivity index (χ3n) is 2.61. The molecule has 4 heteroatoms. The molecule has 1 aliphatic rings. The Morgan fingerprint density at radius 1 is 1.31 bits per heavy atom. The van der Waals surface area contributed by atoms with Crippen LogP contribution in [0, 0.1) is 0 Å². The van der Waals surface area contributed by atoms with Gasteiger partial charge in [0.2, 0.25) is 0 Å². The zero-order valence-electron chi connectivity index (χ0n) is 9.20. The predicted molar refractivity (Wildman–Crippen MR) is 62.3 cm³/mol. The van der Waals surface area contributed by atoms with Gasteiger partial charge in [-0.1, -0.05) is 18.5 Å². The van der Waals surface area contributed by atoms with E-state index in [-0.39, 0.29) is 0 Å². The first-order chi connectivity index (χ1) is 7.72. The number of aliphatic hydroxyl groups is 1. The average Bonchev–Trinajstić information content (AvgIpc) is 2.51. The van der Waals surface area contributed by atoms with E-state index in [1.54, 1.807) is 12.1 Å². The van der Waals surface area contributed by atoms with E-state index in [0.29, 0.717) is 41.7 Å². The molecule has 1 aliphatic heterocycles. The fourth-order valence-electron chi connectivity index (χ4n) is 1.67. The summed E-state index contributed by atoms with van der Waals surface area (Å²) in [6.45, 7) is 3.18. The molecule has 0 saturated heterocycles. The van der Waals surface area contributed by atoms with Crippen LogP contribution in [0.2, 0.25) is 5.02 Å². The van der Waals surface area contributed by atoms with E-state index in [0.717, 1.165) is 6.42 Å². The highest BCUT2D eigenvalue weighted by Crippen LogP contribution is 2.37. The Hall–Kier alpha value is -0.930. The molecule has 2 rings (SSSR count). The molecule has 88 valence electrons. The maximum absolute atomic E-state index is 9.80. The summed E-state index contributed by atoms with van der Waals surface area (Å²) in [5.41, 5.74) is 0.702. The lowest BCUT2D eigenvalue weighted by Crippen LogP contribution is -1.99. The Morgan fingerprint density at radius 2 is 1.94 bits per heavy atom. The quantitative estimate of drug-likeness (QED) is 0.867. The standard InChI is InChI=1S/C12H15ClO3/c1-2-10(14)8-6-11-12(7-9(8)13)16-5-3-4-15-11/h6-7,10,14H,2-5H2,1H3/t10-/m0/s1. The lowest BCUT2D eigenvalue weighted by molar-refractivity contribution is 0.173. The van der Waals surface area contributed by atoms with Crippen molar-refractivity contribution in [2.45, 2.75) is 25.9 Å². The SMILES string of the molecule is CC[C@H](O)c1cc2c(cc1Cl)OCCCO2. The molecule has 3 nitrogen and oxygen atoms in total. The Morgan fingerprint density at radius 3 is 2.56 bits per heavy atom. The highest BCUT2D eigenvalue weighted by atomic mass is 35.5. The molecular formula is C12H15ClO3. The number of hydrogen-bond donors (Lipinski definition) is 1. The van der Waals surface area contributed by atoms with Crippen LogP contribution in [0.3, 0.4) is 0 Å². The van der Waals surface area contributed by atoms with Crippen molar-refractivity contribution >= 4 is 11.6 Å². The molecule has 0 spiro atoms. The lowest BCUT2D eigenvalue weighted by Gasteiger charge is -2.14. The van der Waals surface area contributed by atoms with Crippen LogP contribution in [-0.2, 0) is 0 Å². The maximum Gasteiger partial charge on any atom is 0.162 e. The summed E-state index contributed by atoms with van der Waals surface area (Å²) >= 11 is 6.09. The molecule has 1 aromatic carbocycles. The van der Waals surface area contributed by atoms with Gasteiger partial charge < -0.3 is 14.6 Å². The van der Waals surface area contributed by atoms with Crippen molar-refractivity contribution < 1.29 is 14.6 Å². The summed E-state index contributed by atoms with van der Waals surface area (Å²) in [4.78, 5) is 0. The predicted octanol–water partition coefficient (Wildman–Crippen LogP) is 2.94. The van der Waals surface area contributed by atoms with Crippen molar-refractivity contribution in [3.63, 3.8) is 0 Å². The van der Waals surface area contributed by atoms with Crippen LogP contribution in [-0.4, -0.2) is 18.3 Å². The van der Waals surface area contributed by atoms with Gasteiger partial charge in [-0.2, -0.15) is 0 Å². The van der Waals surface area contributed by atoms with Crippen LogP contribution >= 0.6 is 11.6 Å². The van der Waals surface area contributed by atoms with E-state index in [1.807, 2.05) is 6.92 Å².